The van der Waals surface area contributed by atoms with Crippen molar-refractivity contribution in [2.75, 3.05) is 0 Å². The Kier molecular flexibility index (Phi) is 4.30. The molecule has 3 aromatic rings. The minimum Gasteiger partial charge on any atom is -0.345 e. The zero-order valence-corrected chi connectivity index (χ0v) is 15.9. The van der Waals surface area contributed by atoms with Gasteiger partial charge in [-0.1, -0.05) is 38.1 Å². The second-order valence-electron chi connectivity index (χ2n) is 7.98. The second-order valence-corrected chi connectivity index (χ2v) is 7.98. The average Bonchev–Trinajstić information content (AvgIpc) is 2.98. The predicted molar refractivity (Wildman–Crippen MR) is 105 cm³/mol. The van der Waals surface area contributed by atoms with Gasteiger partial charge in [-0.15, -0.1) is 0 Å². The Bertz CT molecular complexity index is 961. The molecule has 27 heavy (non-hydrogen) atoms. The lowest BCUT2D eigenvalue weighted by Crippen LogP contribution is -2.37. The quantitative estimate of drug-likeness (QED) is 0.767. The Balaban J connectivity index is 1.74. The van der Waals surface area contributed by atoms with Crippen LogP contribution in [0.1, 0.15) is 53.6 Å². The highest BCUT2D eigenvalue weighted by molar-refractivity contribution is 5.94. The molecule has 0 radical (unpaired) electrons. The number of nitrogens with one attached hydrogen (secondary N) is 1. The Hall–Kier alpha value is -2.95. The maximum absolute atomic E-state index is 12.8. The van der Waals surface area contributed by atoms with Crippen LogP contribution >= 0.6 is 0 Å². The van der Waals surface area contributed by atoms with Gasteiger partial charge >= 0.3 is 0 Å². The minimum atomic E-state index is -0.0612. The number of benzene rings is 1. The molecule has 0 saturated heterocycles. The van der Waals surface area contributed by atoms with Crippen LogP contribution in [-0.2, 0) is 6.42 Å². The summed E-state index contributed by atoms with van der Waals surface area (Å²) in [5, 5.41) is 8.00. The lowest BCUT2D eigenvalue weighted by Gasteiger charge is -2.36. The fourth-order valence-corrected chi connectivity index (χ4v) is 4.01. The van der Waals surface area contributed by atoms with Crippen molar-refractivity contribution in [1.29, 1.82) is 0 Å². The number of amides is 1. The molecule has 1 aliphatic carbocycles. The third-order valence-corrected chi connectivity index (χ3v) is 5.17. The molecule has 1 aromatic carbocycles. The maximum Gasteiger partial charge on any atom is 0.251 e. The van der Waals surface area contributed by atoms with E-state index < -0.39 is 0 Å². The molecule has 1 aliphatic rings. The maximum atomic E-state index is 12.8. The number of aromatic nitrogens is 3. The number of hydrogen-bond acceptors (Lipinski definition) is 3. The molecule has 0 spiro atoms. The van der Waals surface area contributed by atoms with Crippen molar-refractivity contribution < 1.29 is 4.79 Å². The second kappa shape index (κ2) is 6.65. The number of pyridine rings is 1. The van der Waals surface area contributed by atoms with Gasteiger partial charge in [0.2, 0.25) is 0 Å². The molecule has 4 rings (SSSR count). The highest BCUT2D eigenvalue weighted by Gasteiger charge is 2.37. The molecule has 0 bridgehead atoms. The Morgan fingerprint density at radius 1 is 1.15 bits per heavy atom. The van der Waals surface area contributed by atoms with Crippen molar-refractivity contribution in [2.24, 2.45) is 5.41 Å². The predicted octanol–water partition coefficient (Wildman–Crippen LogP) is 4.02. The first-order valence-electron chi connectivity index (χ1n) is 9.30. The summed E-state index contributed by atoms with van der Waals surface area (Å²) in [5.74, 6) is 0.766. The van der Waals surface area contributed by atoms with Crippen LogP contribution in [0.25, 0.3) is 5.82 Å². The Morgan fingerprint density at radius 3 is 2.59 bits per heavy atom. The molecule has 2 heterocycles. The van der Waals surface area contributed by atoms with Crippen molar-refractivity contribution in [3.05, 3.63) is 77.2 Å². The number of fused-ring (bicyclic) bond motifs is 1. The van der Waals surface area contributed by atoms with Crippen molar-refractivity contribution in [3.8, 4) is 5.82 Å². The van der Waals surface area contributed by atoms with E-state index in [0.717, 1.165) is 35.6 Å². The first-order valence-corrected chi connectivity index (χ1v) is 9.30. The SMILES string of the molecule is Cc1nn(-c2ccccn2)c2c1C(NC(=O)c1ccccc1)CC(C)(C)C2. The molecule has 1 amide bonds. The monoisotopic (exact) mass is 360 g/mol. The van der Waals surface area contributed by atoms with Gasteiger partial charge in [-0.25, -0.2) is 9.67 Å². The van der Waals surface area contributed by atoms with E-state index >= 15 is 0 Å². The zero-order valence-electron chi connectivity index (χ0n) is 15.9. The van der Waals surface area contributed by atoms with Crippen LogP contribution in [-0.4, -0.2) is 20.7 Å². The number of carbonyl (C=O) groups is 1. The van der Waals surface area contributed by atoms with Gasteiger partial charge in [-0.3, -0.25) is 4.79 Å². The van der Waals surface area contributed by atoms with Crippen LogP contribution < -0.4 is 5.32 Å². The fraction of sp³-hybridized carbons (Fsp3) is 0.318. The first kappa shape index (κ1) is 17.5. The van der Waals surface area contributed by atoms with Gasteiger partial charge in [0, 0.05) is 17.3 Å². The normalized spacial score (nSPS) is 18.0. The molecule has 0 fully saturated rings. The Morgan fingerprint density at radius 2 is 1.89 bits per heavy atom. The van der Waals surface area contributed by atoms with Gasteiger partial charge in [0.1, 0.15) is 0 Å². The molecule has 0 saturated carbocycles. The van der Waals surface area contributed by atoms with Crippen molar-refractivity contribution in [2.45, 2.75) is 39.7 Å². The summed E-state index contributed by atoms with van der Waals surface area (Å²) in [4.78, 5) is 17.2. The van der Waals surface area contributed by atoms with Crippen molar-refractivity contribution in [1.82, 2.24) is 20.1 Å². The third-order valence-electron chi connectivity index (χ3n) is 5.17. The van der Waals surface area contributed by atoms with E-state index in [4.69, 9.17) is 5.10 Å². The van der Waals surface area contributed by atoms with Crippen LogP contribution in [0.5, 0.6) is 0 Å². The molecule has 1 atom stereocenters. The standard InChI is InChI=1S/C22H24N4O/c1-15-20-17(24-21(27)16-9-5-4-6-10-16)13-22(2,3)14-18(20)26(25-15)19-11-7-8-12-23-19/h4-12,17H,13-14H2,1-3H3,(H,24,27). The van der Waals surface area contributed by atoms with Crippen LogP contribution in [0, 0.1) is 12.3 Å². The first-order chi connectivity index (χ1) is 12.9. The van der Waals surface area contributed by atoms with Gasteiger partial charge in [-0.2, -0.15) is 5.10 Å². The number of carbonyl (C=O) groups excluding carboxylic acids is 1. The average molecular weight is 360 g/mol. The molecule has 1 unspecified atom stereocenters. The number of nitrogens with zero attached hydrogens (tertiary/aromatic N) is 3. The van der Waals surface area contributed by atoms with Crippen LogP contribution in [0.3, 0.4) is 0 Å². The number of rotatable bonds is 3. The third kappa shape index (κ3) is 3.37. The highest BCUT2D eigenvalue weighted by Crippen LogP contribution is 2.42. The van der Waals surface area contributed by atoms with Crippen LogP contribution in [0.4, 0.5) is 0 Å². The topological polar surface area (TPSA) is 59.8 Å². The lowest BCUT2D eigenvalue weighted by atomic mass is 9.73. The summed E-state index contributed by atoms with van der Waals surface area (Å²) in [6, 6.07) is 15.1. The molecule has 5 heteroatoms. The summed E-state index contributed by atoms with van der Waals surface area (Å²) in [7, 11) is 0. The van der Waals surface area contributed by atoms with E-state index in [1.807, 2.05) is 60.1 Å². The van der Waals surface area contributed by atoms with E-state index in [2.05, 4.69) is 24.1 Å². The lowest BCUT2D eigenvalue weighted by molar-refractivity contribution is 0.0919. The van der Waals surface area contributed by atoms with E-state index in [1.54, 1.807) is 6.20 Å². The van der Waals surface area contributed by atoms with E-state index in [1.165, 1.54) is 0 Å². The van der Waals surface area contributed by atoms with Crippen molar-refractivity contribution in [3.63, 3.8) is 0 Å². The van der Waals surface area contributed by atoms with Crippen LogP contribution in [0.15, 0.2) is 54.7 Å². The summed E-state index contributed by atoms with van der Waals surface area (Å²) < 4.78 is 1.94. The Labute approximate surface area is 159 Å². The van der Waals surface area contributed by atoms with Gasteiger partial charge < -0.3 is 5.32 Å². The minimum absolute atomic E-state index is 0.0470. The van der Waals surface area contributed by atoms with E-state index in [9.17, 15) is 4.79 Å². The molecule has 0 aliphatic heterocycles. The zero-order chi connectivity index (χ0) is 19.0. The molecule has 1 N–H and O–H groups in total. The van der Waals surface area contributed by atoms with Crippen LogP contribution in [0.2, 0.25) is 0 Å². The molecule has 5 nitrogen and oxygen atoms in total. The van der Waals surface area contributed by atoms with Gasteiger partial charge in [-0.05, 0) is 49.4 Å². The number of hydrogen-bond donors (Lipinski definition) is 1. The largest absolute Gasteiger partial charge is 0.345 e. The highest BCUT2D eigenvalue weighted by atomic mass is 16.1. The fourth-order valence-electron chi connectivity index (χ4n) is 4.01. The molecule has 138 valence electrons. The molecule has 2 aromatic heterocycles. The van der Waals surface area contributed by atoms with Gasteiger partial charge in [0.05, 0.1) is 17.4 Å². The number of aryl methyl sites for hydroxylation is 1. The summed E-state index contributed by atoms with van der Waals surface area (Å²) >= 11 is 0. The molecular formula is C22H24N4O. The van der Waals surface area contributed by atoms with Gasteiger partial charge in [0.25, 0.3) is 5.91 Å². The molecular weight excluding hydrogens is 336 g/mol. The van der Waals surface area contributed by atoms with Gasteiger partial charge in [0.15, 0.2) is 5.82 Å². The summed E-state index contributed by atoms with van der Waals surface area (Å²) in [5.41, 5.74) is 3.95. The van der Waals surface area contributed by atoms with E-state index in [-0.39, 0.29) is 17.4 Å². The summed E-state index contributed by atoms with van der Waals surface area (Å²) in [6.45, 7) is 6.49. The van der Waals surface area contributed by atoms with Crippen molar-refractivity contribution >= 4 is 5.91 Å². The van der Waals surface area contributed by atoms with E-state index in [0.29, 0.717) is 5.56 Å². The summed E-state index contributed by atoms with van der Waals surface area (Å²) in [6.07, 6.45) is 3.56. The smallest absolute Gasteiger partial charge is 0.251 e.